The van der Waals surface area contributed by atoms with Crippen molar-refractivity contribution in [1.82, 2.24) is 0 Å². The summed E-state index contributed by atoms with van der Waals surface area (Å²) in [5.74, 6) is -8.29. The van der Waals surface area contributed by atoms with Gasteiger partial charge in [-0.15, -0.1) is 0 Å². The van der Waals surface area contributed by atoms with E-state index in [1.54, 1.807) is 0 Å². The van der Waals surface area contributed by atoms with E-state index in [2.05, 4.69) is 0 Å². The van der Waals surface area contributed by atoms with Gasteiger partial charge in [0.05, 0.1) is 5.02 Å². The number of carboxylic acid groups (broad SMARTS) is 1. The van der Waals surface area contributed by atoms with Crippen LogP contribution in [0.3, 0.4) is 0 Å². The van der Waals surface area contributed by atoms with E-state index in [0.717, 1.165) is 18.2 Å². The Labute approximate surface area is 93.1 Å². The Hall–Kier alpha value is -1.27. The molecule has 88 valence electrons. The van der Waals surface area contributed by atoms with Crippen molar-refractivity contribution in [1.29, 1.82) is 0 Å². The predicted molar refractivity (Wildman–Crippen MR) is 49.0 cm³/mol. The van der Waals surface area contributed by atoms with Gasteiger partial charge in [0.2, 0.25) is 0 Å². The third-order valence-corrected chi connectivity index (χ3v) is 2.20. The number of hydrogen-bond acceptors (Lipinski definition) is 2. The third-order valence-electron chi connectivity index (χ3n) is 1.90. The molecule has 7 heteroatoms. The van der Waals surface area contributed by atoms with Gasteiger partial charge in [0.15, 0.2) is 6.10 Å². The molecule has 0 aliphatic carbocycles. The van der Waals surface area contributed by atoms with Gasteiger partial charge in [0.25, 0.3) is 0 Å². The van der Waals surface area contributed by atoms with E-state index in [-0.39, 0.29) is 0 Å². The standard InChI is InChI=1S/C9H6ClF3O3/c10-5-3-1-2-4(6(5)11)7(14)9(12,13)8(15)16/h1-3,7,14H,(H,15,16). The summed E-state index contributed by atoms with van der Waals surface area (Å²) in [6, 6.07) is 3.05. The fourth-order valence-corrected chi connectivity index (χ4v) is 1.23. The van der Waals surface area contributed by atoms with Crippen LogP contribution in [0, 0.1) is 5.82 Å². The van der Waals surface area contributed by atoms with Crippen LogP contribution in [0.4, 0.5) is 13.2 Å². The summed E-state index contributed by atoms with van der Waals surface area (Å²) in [6.45, 7) is 0. The molecule has 0 saturated carbocycles. The Balaban J connectivity index is 3.20. The average Bonchev–Trinajstić information content (AvgIpc) is 2.21. The van der Waals surface area contributed by atoms with Gasteiger partial charge in [-0.1, -0.05) is 23.7 Å². The summed E-state index contributed by atoms with van der Waals surface area (Å²) >= 11 is 5.31. The fraction of sp³-hybridized carbons (Fsp3) is 0.222. The zero-order valence-electron chi connectivity index (χ0n) is 7.62. The molecule has 0 saturated heterocycles. The van der Waals surface area contributed by atoms with Gasteiger partial charge >= 0.3 is 11.9 Å². The molecule has 0 bridgehead atoms. The maximum Gasteiger partial charge on any atom is 0.377 e. The lowest BCUT2D eigenvalue weighted by atomic mass is 10.0. The Bertz CT molecular complexity index is 422. The largest absolute Gasteiger partial charge is 0.477 e. The molecule has 1 unspecified atom stereocenters. The molecule has 1 rings (SSSR count). The van der Waals surface area contributed by atoms with Gasteiger partial charge in [-0.25, -0.2) is 9.18 Å². The third kappa shape index (κ3) is 2.12. The second-order valence-electron chi connectivity index (χ2n) is 2.97. The van der Waals surface area contributed by atoms with E-state index >= 15 is 0 Å². The van der Waals surface area contributed by atoms with Gasteiger partial charge in [0, 0.05) is 5.56 Å². The van der Waals surface area contributed by atoms with E-state index in [9.17, 15) is 18.0 Å². The minimum Gasteiger partial charge on any atom is -0.477 e. The first-order valence-corrected chi connectivity index (χ1v) is 4.39. The Morgan fingerprint density at radius 3 is 2.50 bits per heavy atom. The molecular weight excluding hydrogens is 249 g/mol. The number of aliphatic hydroxyl groups is 1. The quantitative estimate of drug-likeness (QED) is 0.870. The summed E-state index contributed by atoms with van der Waals surface area (Å²) in [6.07, 6.45) is -2.79. The first-order valence-electron chi connectivity index (χ1n) is 4.01. The number of benzene rings is 1. The number of rotatable bonds is 3. The zero-order valence-corrected chi connectivity index (χ0v) is 8.38. The lowest BCUT2D eigenvalue weighted by Gasteiger charge is -2.19. The number of hydrogen-bond donors (Lipinski definition) is 2. The minimum absolute atomic E-state index is 0.474. The van der Waals surface area contributed by atoms with Gasteiger partial charge in [-0.2, -0.15) is 8.78 Å². The van der Waals surface area contributed by atoms with Crippen LogP contribution in [0.15, 0.2) is 18.2 Å². The fourth-order valence-electron chi connectivity index (χ4n) is 1.04. The second-order valence-corrected chi connectivity index (χ2v) is 3.38. The molecule has 0 fully saturated rings. The van der Waals surface area contributed by atoms with Crippen molar-refractivity contribution in [3.05, 3.63) is 34.6 Å². The molecule has 0 radical (unpaired) electrons. The molecule has 0 aliphatic heterocycles. The number of halogens is 4. The molecule has 0 aliphatic rings. The van der Waals surface area contributed by atoms with Crippen LogP contribution in [-0.4, -0.2) is 22.1 Å². The molecule has 0 amide bonds. The summed E-state index contributed by atoms with van der Waals surface area (Å²) in [4.78, 5) is 10.2. The molecule has 2 N–H and O–H groups in total. The summed E-state index contributed by atoms with van der Waals surface area (Å²) < 4.78 is 39.0. The predicted octanol–water partition coefficient (Wildman–Crippen LogP) is 2.23. The Kier molecular flexibility index (Phi) is 3.44. The minimum atomic E-state index is -4.48. The van der Waals surface area contributed by atoms with Crippen molar-refractivity contribution in [3.8, 4) is 0 Å². The van der Waals surface area contributed by atoms with Crippen LogP contribution >= 0.6 is 11.6 Å². The van der Waals surface area contributed by atoms with Gasteiger partial charge in [-0.3, -0.25) is 0 Å². The number of carboxylic acids is 1. The van der Waals surface area contributed by atoms with Crippen LogP contribution in [-0.2, 0) is 4.79 Å². The first-order chi connectivity index (χ1) is 7.28. The molecule has 1 atom stereocenters. The SMILES string of the molecule is O=C(O)C(F)(F)C(O)c1cccc(Cl)c1F. The molecule has 1 aromatic carbocycles. The molecule has 0 aromatic heterocycles. The van der Waals surface area contributed by atoms with Crippen molar-refractivity contribution in [2.24, 2.45) is 0 Å². The zero-order chi connectivity index (χ0) is 12.5. The molecule has 0 heterocycles. The monoisotopic (exact) mass is 254 g/mol. The average molecular weight is 255 g/mol. The van der Waals surface area contributed by atoms with Gasteiger partial charge in [-0.05, 0) is 6.07 Å². The molecule has 1 aromatic rings. The molecular formula is C9H6ClF3O3. The lowest BCUT2D eigenvalue weighted by Crippen LogP contribution is -2.36. The normalized spacial score (nSPS) is 13.6. The molecule has 3 nitrogen and oxygen atoms in total. The highest BCUT2D eigenvalue weighted by molar-refractivity contribution is 6.30. The Morgan fingerprint density at radius 2 is 2.00 bits per heavy atom. The highest BCUT2D eigenvalue weighted by atomic mass is 35.5. The maximum atomic E-state index is 13.2. The van der Waals surface area contributed by atoms with E-state index in [1.165, 1.54) is 0 Å². The number of carbonyl (C=O) groups is 1. The smallest absolute Gasteiger partial charge is 0.377 e. The highest BCUT2D eigenvalue weighted by Gasteiger charge is 2.48. The molecule has 0 spiro atoms. The van der Waals surface area contributed by atoms with Crippen molar-refractivity contribution in [3.63, 3.8) is 0 Å². The number of aliphatic hydroxyl groups excluding tert-OH is 1. The van der Waals surface area contributed by atoms with E-state index in [1.807, 2.05) is 0 Å². The highest BCUT2D eigenvalue weighted by Crippen LogP contribution is 2.34. The first kappa shape index (κ1) is 12.8. The van der Waals surface area contributed by atoms with Crippen LogP contribution in [0.2, 0.25) is 5.02 Å². The number of aliphatic carboxylic acids is 1. The van der Waals surface area contributed by atoms with Crippen molar-refractivity contribution >= 4 is 17.6 Å². The van der Waals surface area contributed by atoms with Crippen LogP contribution < -0.4 is 0 Å². The van der Waals surface area contributed by atoms with E-state index in [4.69, 9.17) is 21.8 Å². The van der Waals surface area contributed by atoms with Crippen LogP contribution in [0.5, 0.6) is 0 Å². The van der Waals surface area contributed by atoms with Crippen LogP contribution in [0.25, 0.3) is 0 Å². The van der Waals surface area contributed by atoms with Gasteiger partial charge < -0.3 is 10.2 Å². The lowest BCUT2D eigenvalue weighted by molar-refractivity contribution is -0.183. The van der Waals surface area contributed by atoms with Crippen molar-refractivity contribution < 1.29 is 28.2 Å². The molecule has 16 heavy (non-hydrogen) atoms. The van der Waals surface area contributed by atoms with Crippen molar-refractivity contribution in [2.75, 3.05) is 0 Å². The van der Waals surface area contributed by atoms with Crippen molar-refractivity contribution in [2.45, 2.75) is 12.0 Å². The van der Waals surface area contributed by atoms with Gasteiger partial charge in [0.1, 0.15) is 5.82 Å². The maximum absolute atomic E-state index is 13.2. The van der Waals surface area contributed by atoms with Crippen LogP contribution in [0.1, 0.15) is 11.7 Å². The summed E-state index contributed by atoms with van der Waals surface area (Å²) in [5.41, 5.74) is -0.861. The summed E-state index contributed by atoms with van der Waals surface area (Å²) in [5, 5.41) is 16.8. The number of alkyl halides is 2. The van der Waals surface area contributed by atoms with E-state index in [0.29, 0.717) is 0 Å². The second kappa shape index (κ2) is 4.31. The topological polar surface area (TPSA) is 57.5 Å². The summed E-state index contributed by atoms with van der Waals surface area (Å²) in [7, 11) is 0. The Morgan fingerprint density at radius 1 is 1.44 bits per heavy atom. The van der Waals surface area contributed by atoms with E-state index < -0.39 is 34.4 Å².